The highest BCUT2D eigenvalue weighted by Crippen LogP contribution is 2.14. The van der Waals surface area contributed by atoms with Crippen LogP contribution in [0.1, 0.15) is 50.1 Å². The van der Waals surface area contributed by atoms with Gasteiger partial charge < -0.3 is 133 Å². The van der Waals surface area contributed by atoms with E-state index in [1.54, 1.807) is 180 Å². The molecular formula is C84H141N45S9. The summed E-state index contributed by atoms with van der Waals surface area (Å²) in [6.45, 7) is 6.36. The van der Waals surface area contributed by atoms with E-state index in [9.17, 15) is 0 Å². The molecule has 0 aromatic carbocycles. The third kappa shape index (κ3) is 61.1. The molecule has 0 aliphatic rings. The number of aliphatic imine (C=N–C) groups is 14. The Morgan fingerprint density at radius 2 is 0.623 bits per heavy atom. The average molecular weight is 2070 g/mol. The van der Waals surface area contributed by atoms with Gasteiger partial charge in [0.1, 0.15) is 0 Å². The second kappa shape index (κ2) is 73.3. The summed E-state index contributed by atoms with van der Waals surface area (Å²) in [5, 5.41) is 72.8. The van der Waals surface area contributed by atoms with Crippen LogP contribution in [0.3, 0.4) is 0 Å². The highest BCUT2D eigenvalue weighted by molar-refractivity contribution is 7.10. The maximum absolute atomic E-state index is 7.79. The minimum absolute atomic E-state index is 0.0126. The van der Waals surface area contributed by atoms with Gasteiger partial charge in [-0.2, -0.15) is 132 Å². The molecule has 9 aromatic rings. The van der Waals surface area contributed by atoms with Crippen molar-refractivity contribution in [1.29, 1.82) is 21.6 Å². The van der Waals surface area contributed by atoms with Crippen LogP contribution in [0.4, 0.5) is 0 Å². The zero-order valence-corrected chi connectivity index (χ0v) is 87.6. The SMILES string of the molecule is CN(C(=N)N)C(N)=NCCc1ccsc1.CN(C)C(N)=NC(N)=NCCc1ccsc1.CN(CCc1ccsc1)C(=N)N(C)C(=N)N.CN(CCc1ccsc1)C(=N)N=C(N)N.CN=C(N)N=C(N)N(C)CCc1ccsc1.CN=C(N)NC(N)=NCCc1ccsc1.CN=C(N=C(N)N)N(C)CCc1ccsc1.CN=C(N=C(N)N)NCCc1ccsc1.NC(N)=NC(N)=NCCc1ccsc1. The van der Waals surface area contributed by atoms with Crippen molar-refractivity contribution in [3.05, 3.63) is 202 Å². The lowest BCUT2D eigenvalue weighted by atomic mass is 10.2. The molecule has 0 bridgehead atoms. The molecule has 9 rings (SSSR count). The number of rotatable bonds is 27. The Kier molecular flexibility index (Phi) is 64.8. The fraction of sp³-hybridized carbons (Fsp3) is 0.357. The van der Waals surface area contributed by atoms with E-state index in [1.165, 1.54) is 59.9 Å². The van der Waals surface area contributed by atoms with Gasteiger partial charge in [0, 0.05) is 143 Å². The predicted octanol–water partition coefficient (Wildman–Crippen LogP) is 3.45. The van der Waals surface area contributed by atoms with Gasteiger partial charge in [0.25, 0.3) is 0 Å². The van der Waals surface area contributed by atoms with Crippen LogP contribution in [0.2, 0.25) is 0 Å². The third-order valence-corrected chi connectivity index (χ3v) is 24.0. The Bertz CT molecular complexity index is 5190. The molecule has 9 aromatic heterocycles. The second-order valence-corrected chi connectivity index (χ2v) is 35.5. The zero-order chi connectivity index (χ0) is 103. The first-order chi connectivity index (χ1) is 65.7. The van der Waals surface area contributed by atoms with Crippen molar-refractivity contribution >= 4 is 209 Å². The molecule has 0 radical (unpaired) electrons. The molecule has 756 valence electrons. The van der Waals surface area contributed by atoms with Gasteiger partial charge in [-0.05, 0) is 259 Å². The van der Waals surface area contributed by atoms with Gasteiger partial charge in [0.2, 0.25) is 35.8 Å². The van der Waals surface area contributed by atoms with Crippen molar-refractivity contribution in [2.24, 2.45) is 173 Å². The number of nitrogens with one attached hydrogen (secondary N) is 6. The first-order valence-electron chi connectivity index (χ1n) is 41.8. The average Bonchev–Trinajstić information content (AvgIpc) is 0.917. The lowest BCUT2D eigenvalue weighted by molar-refractivity contribution is 0.449. The minimum atomic E-state index is -0.118. The van der Waals surface area contributed by atoms with Crippen LogP contribution in [0.25, 0.3) is 0 Å². The van der Waals surface area contributed by atoms with Crippen LogP contribution < -0.4 is 114 Å². The molecule has 0 aliphatic carbocycles. The van der Waals surface area contributed by atoms with Crippen molar-refractivity contribution in [3.8, 4) is 0 Å². The van der Waals surface area contributed by atoms with Crippen molar-refractivity contribution in [3.63, 3.8) is 0 Å². The molecule has 0 unspecified atom stereocenters. The summed E-state index contributed by atoms with van der Waals surface area (Å²) >= 11 is 15.1. The summed E-state index contributed by atoms with van der Waals surface area (Å²) in [5.41, 5.74) is 108. The van der Waals surface area contributed by atoms with Gasteiger partial charge in [-0.1, -0.05) is 0 Å². The minimum Gasteiger partial charge on any atom is -0.370 e. The highest BCUT2D eigenvalue weighted by atomic mass is 32.1. The summed E-state index contributed by atoms with van der Waals surface area (Å²) in [6, 6.07) is 18.7. The highest BCUT2D eigenvalue weighted by Gasteiger charge is 2.14. The fourth-order valence-corrected chi connectivity index (χ4v) is 15.8. The molecule has 0 amide bonds. The first-order valence-corrected chi connectivity index (χ1v) is 50.3. The molecule has 0 aliphatic heterocycles. The van der Waals surface area contributed by atoms with Crippen LogP contribution in [-0.2, 0) is 57.8 Å². The Labute approximate surface area is 845 Å². The zero-order valence-electron chi connectivity index (χ0n) is 80.3. The van der Waals surface area contributed by atoms with Crippen LogP contribution in [-0.4, -0.2) is 285 Å². The standard InChI is InChI=1S/4C10H17N5S.4C9H15N5S.C8H13N5S/c1-15(2)10(12)14-9(11)13-5-3-8-4-6-16-7-8;1-13-9(11)14-10(12)15(2)5-3-8-4-6-16-7-8;1-14(10(13)15(2)9(11)12)5-3-8-4-6-16-7-8;1-13-10(14-9(11)12)15(2)5-3-8-4-6-16-7-8;1-12-8(10)14-9(11)13-4-2-7-3-5-15-6-7;1-14(9(12)13-8(10)11)4-2-7-3-5-15-6-7;1-14(8(10)11)9(12)13-4-2-7-3-5-15-6-7;1-12-9(14-8(10)11)13-4-2-7-3-5-15-6-7;9-7(10)13-8(11)12-3-1-6-2-4-14-5-6/h2*4,6-7H,3,5H2,1-2H3,(H4,11,12,13,14);4,6-7,13H,3,5H2,1-2H3,(H3,11,12);4,6-7H,3,5H2,1-2H3,(H4,11,12,13,14);3,5-6H,2,4H2,1H3,(H5,10,11,12,13,14);3,5-6H,2,4H2,1H3,(H5,10,11,12,13);3,5-6H,2,4H2,1H3,(H3,10,11)(H2,12,13);3,5-6H,2,4H2,1H3,(H5,10,11,12,13,14);2,4-5H,1,3H2,(H6,9,10,11,12,13). The topological polar surface area (TPSA) is 784 Å². The van der Waals surface area contributed by atoms with E-state index in [1.807, 2.05) is 63.2 Å². The Morgan fingerprint density at radius 1 is 0.297 bits per heavy atom. The van der Waals surface area contributed by atoms with E-state index in [4.69, 9.17) is 125 Å². The van der Waals surface area contributed by atoms with E-state index < -0.39 is 0 Å². The molecule has 45 nitrogen and oxygen atoms in total. The van der Waals surface area contributed by atoms with E-state index in [0.29, 0.717) is 56.0 Å². The summed E-state index contributed by atoms with van der Waals surface area (Å²) in [5.74, 6) is 3.15. The van der Waals surface area contributed by atoms with Crippen molar-refractivity contribution in [2.45, 2.75) is 57.8 Å². The largest absolute Gasteiger partial charge is 0.370 e. The van der Waals surface area contributed by atoms with Gasteiger partial charge in [-0.3, -0.25) is 76.7 Å². The van der Waals surface area contributed by atoms with Crippen molar-refractivity contribution in [1.82, 2.24) is 44.9 Å². The number of guanidine groups is 18. The van der Waals surface area contributed by atoms with E-state index in [0.717, 1.165) is 90.5 Å². The Balaban J connectivity index is 0.000000776. The van der Waals surface area contributed by atoms with Gasteiger partial charge in [0.15, 0.2) is 71.5 Å². The maximum Gasteiger partial charge on any atom is 0.223 e. The molecule has 54 heteroatoms. The molecule has 138 heavy (non-hydrogen) atoms. The number of hydrogen-bond donors (Lipinski definition) is 24. The van der Waals surface area contributed by atoms with E-state index >= 15 is 0 Å². The van der Waals surface area contributed by atoms with Crippen molar-refractivity contribution < 1.29 is 0 Å². The lowest BCUT2D eigenvalue weighted by Gasteiger charge is -2.26. The number of thiophene rings is 9. The molecule has 0 saturated heterocycles. The van der Waals surface area contributed by atoms with Crippen LogP contribution in [0, 0.1) is 21.6 Å². The molecule has 0 atom stereocenters. The van der Waals surface area contributed by atoms with Gasteiger partial charge in [-0.25, -0.2) is 0 Å². The second-order valence-electron chi connectivity index (χ2n) is 28.4. The molecular weight excluding hydrogens is 1930 g/mol. The number of nitrogens with zero attached hydrogens (tertiary/aromatic N) is 21. The molecule has 42 N–H and O–H groups in total. The van der Waals surface area contributed by atoms with Gasteiger partial charge in [0.05, 0.1) is 0 Å². The van der Waals surface area contributed by atoms with Crippen LogP contribution in [0.15, 0.2) is 221 Å². The molecule has 9 heterocycles. The monoisotopic (exact) mass is 2070 g/mol. The maximum atomic E-state index is 7.79. The van der Waals surface area contributed by atoms with Crippen molar-refractivity contribution in [2.75, 3.05) is 143 Å². The summed E-state index contributed by atoms with van der Waals surface area (Å²) in [7, 11) is 20.7. The lowest BCUT2D eigenvalue weighted by Crippen LogP contribution is -2.46. The molecule has 0 fully saturated rings. The normalized spacial score (nSPS) is 11.5. The predicted molar refractivity (Wildman–Crippen MR) is 597 cm³/mol. The number of hydrogen-bond acceptors (Lipinski definition) is 21. The Morgan fingerprint density at radius 3 is 0.949 bits per heavy atom. The number of nitrogens with two attached hydrogens (primary N) is 18. The molecule has 0 spiro atoms. The first kappa shape index (κ1) is 122. The quantitative estimate of drug-likeness (QED) is 0.0259. The Hall–Kier alpha value is -14.0. The summed E-state index contributed by atoms with van der Waals surface area (Å²) in [4.78, 5) is 66.3. The summed E-state index contributed by atoms with van der Waals surface area (Å²) < 4.78 is 0. The van der Waals surface area contributed by atoms with Gasteiger partial charge >= 0.3 is 0 Å². The van der Waals surface area contributed by atoms with Crippen LogP contribution >= 0.6 is 102 Å². The smallest absolute Gasteiger partial charge is 0.223 e. The molecule has 0 saturated carbocycles. The number of likely N-dealkylation sites (N-methyl/N-ethyl adjacent to an activating group) is 4. The summed E-state index contributed by atoms with van der Waals surface area (Å²) in [6.07, 6.45) is 8.09. The fourth-order valence-electron chi connectivity index (χ4n) is 9.47. The van der Waals surface area contributed by atoms with E-state index in [-0.39, 0.29) is 77.5 Å². The van der Waals surface area contributed by atoms with E-state index in [2.05, 4.69) is 200 Å². The van der Waals surface area contributed by atoms with Crippen LogP contribution in [0.5, 0.6) is 0 Å². The third-order valence-electron chi connectivity index (χ3n) is 17.4. The van der Waals surface area contributed by atoms with Gasteiger partial charge in [-0.15, -0.1) is 0 Å².